The minimum atomic E-state index is -0.0591. The lowest BCUT2D eigenvalue weighted by atomic mass is 9.99. The van der Waals surface area contributed by atoms with Gasteiger partial charge in [0.05, 0.1) is 16.1 Å². The van der Waals surface area contributed by atoms with Gasteiger partial charge in [0.25, 0.3) is 5.91 Å². The van der Waals surface area contributed by atoms with Gasteiger partial charge in [-0.2, -0.15) is 5.10 Å². The molecule has 2 atom stereocenters. The second kappa shape index (κ2) is 7.43. The summed E-state index contributed by atoms with van der Waals surface area (Å²) in [6.07, 6.45) is 3.91. The number of para-hydroxylation sites is 1. The van der Waals surface area contributed by atoms with Crippen LogP contribution in [0.25, 0.3) is 16.3 Å². The highest BCUT2D eigenvalue weighted by molar-refractivity contribution is 7.13. The van der Waals surface area contributed by atoms with Crippen molar-refractivity contribution in [2.45, 2.75) is 31.8 Å². The maximum atomic E-state index is 13.0. The fourth-order valence-electron chi connectivity index (χ4n) is 3.34. The number of nitrogens with one attached hydrogen (secondary N) is 2. The van der Waals surface area contributed by atoms with E-state index in [4.69, 9.17) is 5.10 Å². The molecule has 5 nitrogen and oxygen atoms in total. The van der Waals surface area contributed by atoms with Crippen molar-refractivity contribution in [1.29, 1.82) is 0 Å². The zero-order chi connectivity index (χ0) is 17.9. The molecule has 1 amide bonds. The second-order valence-electron chi connectivity index (χ2n) is 6.61. The molecule has 3 heterocycles. The van der Waals surface area contributed by atoms with Gasteiger partial charge in [-0.15, -0.1) is 11.3 Å². The first-order valence-electron chi connectivity index (χ1n) is 8.95. The summed E-state index contributed by atoms with van der Waals surface area (Å²) in [5.41, 5.74) is 2.30. The topological polar surface area (TPSA) is 58.9 Å². The van der Waals surface area contributed by atoms with Gasteiger partial charge >= 0.3 is 0 Å². The lowest BCUT2D eigenvalue weighted by molar-refractivity contribution is 0.0920. The Kier molecular flexibility index (Phi) is 4.86. The average Bonchev–Trinajstić information content (AvgIpc) is 3.34. The monoisotopic (exact) mass is 366 g/mol. The van der Waals surface area contributed by atoms with Crippen LogP contribution in [-0.4, -0.2) is 34.3 Å². The second-order valence-corrected chi connectivity index (χ2v) is 7.56. The van der Waals surface area contributed by atoms with E-state index in [0.717, 1.165) is 35.6 Å². The molecule has 0 aliphatic carbocycles. The number of nitrogens with zero attached hydrogens (tertiary/aromatic N) is 2. The van der Waals surface area contributed by atoms with Crippen LogP contribution in [0.3, 0.4) is 0 Å². The van der Waals surface area contributed by atoms with Gasteiger partial charge in [-0.05, 0) is 49.9 Å². The third-order valence-electron chi connectivity index (χ3n) is 4.81. The summed E-state index contributed by atoms with van der Waals surface area (Å²) in [4.78, 5) is 14.0. The number of hydrogen-bond acceptors (Lipinski definition) is 4. The molecule has 0 spiro atoms. The number of amides is 1. The van der Waals surface area contributed by atoms with Crippen LogP contribution in [0.15, 0.2) is 54.0 Å². The van der Waals surface area contributed by atoms with Crippen LogP contribution in [0.2, 0.25) is 0 Å². The Morgan fingerprint density at radius 1 is 1.27 bits per heavy atom. The van der Waals surface area contributed by atoms with Crippen LogP contribution in [0.5, 0.6) is 0 Å². The van der Waals surface area contributed by atoms with Crippen molar-refractivity contribution in [3.63, 3.8) is 0 Å². The van der Waals surface area contributed by atoms with Gasteiger partial charge in [-0.1, -0.05) is 24.3 Å². The predicted molar refractivity (Wildman–Crippen MR) is 105 cm³/mol. The summed E-state index contributed by atoms with van der Waals surface area (Å²) < 4.78 is 1.78. The van der Waals surface area contributed by atoms with Gasteiger partial charge in [0.2, 0.25) is 0 Å². The van der Waals surface area contributed by atoms with Crippen molar-refractivity contribution in [3.8, 4) is 16.3 Å². The molecule has 26 heavy (non-hydrogen) atoms. The molecule has 0 radical (unpaired) electrons. The Labute approximate surface area is 157 Å². The maximum Gasteiger partial charge on any atom is 0.255 e. The van der Waals surface area contributed by atoms with Gasteiger partial charge in [0.15, 0.2) is 0 Å². The third-order valence-corrected chi connectivity index (χ3v) is 5.69. The number of hydrogen-bond donors (Lipinski definition) is 2. The number of aromatic nitrogens is 2. The molecule has 2 N–H and O–H groups in total. The fourth-order valence-corrected chi connectivity index (χ4v) is 4.06. The van der Waals surface area contributed by atoms with E-state index in [-0.39, 0.29) is 18.0 Å². The lowest BCUT2D eigenvalue weighted by Crippen LogP contribution is -2.51. The highest BCUT2D eigenvalue weighted by Crippen LogP contribution is 2.28. The third kappa shape index (κ3) is 3.43. The van der Waals surface area contributed by atoms with Crippen molar-refractivity contribution in [2.75, 3.05) is 6.54 Å². The number of thiophene rings is 1. The minimum Gasteiger partial charge on any atom is -0.348 e. The molecule has 1 aliphatic rings. The molecule has 2 aromatic heterocycles. The summed E-state index contributed by atoms with van der Waals surface area (Å²) in [6.45, 7) is 3.14. The van der Waals surface area contributed by atoms with E-state index in [1.165, 1.54) is 0 Å². The fraction of sp³-hybridized carbons (Fsp3) is 0.300. The molecule has 1 aromatic carbocycles. The molecule has 1 saturated heterocycles. The van der Waals surface area contributed by atoms with E-state index in [1.54, 1.807) is 16.0 Å². The Morgan fingerprint density at radius 3 is 2.85 bits per heavy atom. The molecule has 3 aromatic rings. The Morgan fingerprint density at radius 2 is 2.12 bits per heavy atom. The first kappa shape index (κ1) is 17.0. The summed E-state index contributed by atoms with van der Waals surface area (Å²) in [5.74, 6) is -0.0591. The molecule has 1 fully saturated rings. The largest absolute Gasteiger partial charge is 0.348 e. The van der Waals surface area contributed by atoms with E-state index in [2.05, 4.69) is 17.6 Å². The van der Waals surface area contributed by atoms with Crippen molar-refractivity contribution in [1.82, 2.24) is 20.4 Å². The van der Waals surface area contributed by atoms with Crippen molar-refractivity contribution >= 4 is 17.2 Å². The van der Waals surface area contributed by atoms with E-state index < -0.39 is 0 Å². The van der Waals surface area contributed by atoms with Crippen LogP contribution < -0.4 is 10.6 Å². The normalized spacial score (nSPS) is 20.0. The number of rotatable bonds is 4. The number of carbonyl (C=O) groups is 1. The Balaban J connectivity index is 1.67. The number of piperidine rings is 1. The van der Waals surface area contributed by atoms with Crippen molar-refractivity contribution < 1.29 is 4.79 Å². The van der Waals surface area contributed by atoms with Crippen molar-refractivity contribution in [3.05, 3.63) is 59.6 Å². The van der Waals surface area contributed by atoms with Crippen molar-refractivity contribution in [2.24, 2.45) is 0 Å². The van der Waals surface area contributed by atoms with Crippen LogP contribution >= 0.6 is 11.3 Å². The van der Waals surface area contributed by atoms with Gasteiger partial charge in [0.1, 0.15) is 5.69 Å². The van der Waals surface area contributed by atoms with Crippen LogP contribution in [-0.2, 0) is 0 Å². The Hall–Kier alpha value is -2.44. The van der Waals surface area contributed by atoms with E-state index >= 15 is 0 Å². The molecule has 1 aliphatic heterocycles. The zero-order valence-electron chi connectivity index (χ0n) is 14.7. The lowest BCUT2D eigenvalue weighted by Gasteiger charge is -2.30. The SMILES string of the molecule is CC1NCCCC1NC(=O)c1cn(-c2ccccc2)nc1-c1cccs1. The van der Waals surface area contributed by atoms with Gasteiger partial charge in [0, 0.05) is 18.3 Å². The van der Waals surface area contributed by atoms with E-state index in [9.17, 15) is 4.79 Å². The smallest absolute Gasteiger partial charge is 0.255 e. The first-order valence-corrected chi connectivity index (χ1v) is 9.83. The molecule has 0 bridgehead atoms. The minimum absolute atomic E-state index is 0.0591. The van der Waals surface area contributed by atoms with Gasteiger partial charge < -0.3 is 10.6 Å². The molecular formula is C20H22N4OS. The molecule has 2 unspecified atom stereocenters. The summed E-state index contributed by atoms with van der Waals surface area (Å²) >= 11 is 1.59. The summed E-state index contributed by atoms with van der Waals surface area (Å²) in [5, 5.41) is 13.3. The summed E-state index contributed by atoms with van der Waals surface area (Å²) in [7, 11) is 0. The van der Waals surface area contributed by atoms with Gasteiger partial charge in [-0.25, -0.2) is 4.68 Å². The predicted octanol–water partition coefficient (Wildman–Crippen LogP) is 3.47. The zero-order valence-corrected chi connectivity index (χ0v) is 15.5. The Bertz CT molecular complexity index is 873. The first-order chi connectivity index (χ1) is 12.7. The molecule has 0 saturated carbocycles. The molecule has 4 rings (SSSR count). The van der Waals surface area contributed by atoms with Gasteiger partial charge in [-0.3, -0.25) is 4.79 Å². The highest BCUT2D eigenvalue weighted by atomic mass is 32.1. The molecule has 6 heteroatoms. The maximum absolute atomic E-state index is 13.0. The van der Waals surface area contributed by atoms with E-state index in [0.29, 0.717) is 5.56 Å². The summed E-state index contributed by atoms with van der Waals surface area (Å²) in [6, 6.07) is 14.3. The van der Waals surface area contributed by atoms with E-state index in [1.807, 2.05) is 54.0 Å². The highest BCUT2D eigenvalue weighted by Gasteiger charge is 2.26. The number of carbonyl (C=O) groups excluding carboxylic acids is 1. The average molecular weight is 366 g/mol. The number of benzene rings is 1. The van der Waals surface area contributed by atoms with Crippen LogP contribution in [0.1, 0.15) is 30.1 Å². The van der Waals surface area contributed by atoms with Crippen LogP contribution in [0.4, 0.5) is 0 Å². The quantitative estimate of drug-likeness (QED) is 0.743. The standard InChI is InChI=1S/C20H22N4OS/c1-14-17(9-5-11-21-14)22-20(25)16-13-24(15-7-3-2-4-8-15)23-19(16)18-10-6-12-26-18/h2-4,6-8,10,12-14,17,21H,5,9,11H2,1H3,(H,22,25). The van der Waals surface area contributed by atoms with Crippen LogP contribution in [0, 0.1) is 0 Å². The molecular weight excluding hydrogens is 344 g/mol. The molecule has 134 valence electrons.